The van der Waals surface area contributed by atoms with Crippen molar-refractivity contribution in [2.24, 2.45) is 0 Å². The van der Waals surface area contributed by atoms with Crippen LogP contribution in [0.1, 0.15) is 31.8 Å². The van der Waals surface area contributed by atoms with Crippen LogP contribution in [0.5, 0.6) is 23.0 Å². The van der Waals surface area contributed by atoms with Crippen molar-refractivity contribution in [2.45, 2.75) is 9.79 Å². The number of carbonyl (C=O) groups excluding carboxylic acids is 2. The Morgan fingerprint density at radius 2 is 0.767 bits per heavy atom. The second-order valence-electron chi connectivity index (χ2n) is 14.5. The van der Waals surface area contributed by atoms with E-state index in [4.69, 9.17) is 9.47 Å². The van der Waals surface area contributed by atoms with E-state index >= 15 is 0 Å². The molecule has 0 aromatic heterocycles. The van der Waals surface area contributed by atoms with Gasteiger partial charge in [-0.05, 0) is 117 Å². The van der Waals surface area contributed by atoms with Crippen molar-refractivity contribution in [3.63, 3.8) is 0 Å². The zero-order valence-corrected chi connectivity index (χ0v) is 32.8. The van der Waals surface area contributed by atoms with E-state index < -0.39 is 0 Å². The van der Waals surface area contributed by atoms with E-state index in [9.17, 15) is 14.0 Å². The third kappa shape index (κ3) is 7.04. The van der Waals surface area contributed by atoms with Crippen molar-refractivity contribution in [3.8, 4) is 23.0 Å². The van der Waals surface area contributed by atoms with Crippen LogP contribution >= 0.6 is 11.8 Å². The van der Waals surface area contributed by atoms with Gasteiger partial charge in [0.05, 0.1) is 11.1 Å². The van der Waals surface area contributed by atoms with E-state index in [-0.39, 0.29) is 28.5 Å². The molecule has 0 N–H and O–H groups in total. The Morgan fingerprint density at radius 3 is 1.28 bits per heavy atom. The summed E-state index contributed by atoms with van der Waals surface area (Å²) in [5.41, 5.74) is 1.16. The van der Waals surface area contributed by atoms with Gasteiger partial charge in [-0.25, -0.2) is 4.39 Å². The second kappa shape index (κ2) is 15.7. The molecular weight excluding hydrogens is 764 g/mol. The predicted octanol–water partition coefficient (Wildman–Crippen LogP) is 14.6. The Balaban J connectivity index is 0.000000149. The molecule has 10 aromatic carbocycles. The number of halogens is 1. The minimum absolute atomic E-state index is 0.202. The first-order valence-electron chi connectivity index (χ1n) is 19.5. The molecule has 60 heavy (non-hydrogen) atoms. The van der Waals surface area contributed by atoms with Crippen LogP contribution in [0.4, 0.5) is 4.39 Å². The second-order valence-corrected chi connectivity index (χ2v) is 15.6. The van der Waals surface area contributed by atoms with Crippen LogP contribution in [-0.4, -0.2) is 11.6 Å². The number of fused-ring (bicyclic) bond motifs is 6. The monoisotopic (exact) mass is 796 g/mol. The minimum Gasteiger partial charge on any atom is -0.456 e. The number of hydrogen-bond donors (Lipinski definition) is 0. The van der Waals surface area contributed by atoms with Gasteiger partial charge in [0.2, 0.25) is 0 Å². The first kappa shape index (κ1) is 36.8. The molecule has 1 aliphatic rings. The van der Waals surface area contributed by atoms with Crippen LogP contribution in [0.3, 0.4) is 0 Å². The normalized spacial score (nSPS) is 11.9. The van der Waals surface area contributed by atoms with Gasteiger partial charge in [0, 0.05) is 31.7 Å². The van der Waals surface area contributed by atoms with Crippen molar-refractivity contribution >= 4 is 66.4 Å². The highest BCUT2D eigenvalue weighted by Gasteiger charge is 2.37. The maximum Gasteiger partial charge on any atom is 0.198 e. The van der Waals surface area contributed by atoms with Gasteiger partial charge < -0.3 is 9.47 Å². The fourth-order valence-corrected chi connectivity index (χ4v) is 8.62. The van der Waals surface area contributed by atoms with E-state index in [1.165, 1.54) is 44.5 Å². The van der Waals surface area contributed by atoms with Gasteiger partial charge in [-0.3, -0.25) is 9.59 Å². The summed E-state index contributed by atoms with van der Waals surface area (Å²) in [6, 6.07) is 63.5. The summed E-state index contributed by atoms with van der Waals surface area (Å²) in [6.07, 6.45) is 0. The molecule has 0 fully saturated rings. The van der Waals surface area contributed by atoms with Gasteiger partial charge >= 0.3 is 0 Å². The summed E-state index contributed by atoms with van der Waals surface area (Å²) in [6.45, 7) is 0. The van der Waals surface area contributed by atoms with Crippen LogP contribution in [0, 0.1) is 5.82 Å². The standard InChI is InChI=1S/C30H18O4.C24H15FS/c31-27-21-15-7-8-16-22(21)28(32)26-25(27)29(33-19-11-3-1-4-12-19)23-17-9-10-18-24(23)30(26)34-20-13-5-2-6-14-20;25-22-6-9-23(10-7-22)26-24-8-5-18-13-19-11-16-3-1-2-4-17(16)12-20(19)14-21(18)15-24/h1-18H;1-15H. The molecule has 0 atom stereocenters. The summed E-state index contributed by atoms with van der Waals surface area (Å²) >= 11 is 1.65. The number of ether oxygens (including phenoxy) is 2. The molecule has 0 aliphatic heterocycles. The van der Waals surface area contributed by atoms with Crippen LogP contribution in [-0.2, 0) is 0 Å². The highest BCUT2D eigenvalue weighted by atomic mass is 32.2. The van der Waals surface area contributed by atoms with E-state index in [1.54, 1.807) is 36.0 Å². The molecule has 1 aliphatic carbocycles. The Kier molecular flexibility index (Phi) is 9.60. The Hall–Kier alpha value is -7.54. The number of benzene rings is 10. The predicted molar refractivity (Wildman–Crippen MR) is 240 cm³/mol. The first-order chi connectivity index (χ1) is 29.5. The lowest BCUT2D eigenvalue weighted by atomic mass is 9.81. The topological polar surface area (TPSA) is 52.6 Å². The number of hydrogen-bond acceptors (Lipinski definition) is 5. The Labute approximate surface area is 349 Å². The van der Waals surface area contributed by atoms with E-state index in [0.29, 0.717) is 44.9 Å². The molecule has 0 saturated heterocycles. The summed E-state index contributed by atoms with van der Waals surface area (Å²) < 4.78 is 25.7. The maximum atomic E-state index is 13.8. The van der Waals surface area contributed by atoms with E-state index in [2.05, 4.69) is 66.7 Å². The molecule has 286 valence electrons. The van der Waals surface area contributed by atoms with Crippen molar-refractivity contribution in [3.05, 3.63) is 228 Å². The van der Waals surface area contributed by atoms with Gasteiger partial charge in [-0.15, -0.1) is 0 Å². The highest BCUT2D eigenvalue weighted by Crippen LogP contribution is 2.48. The fourth-order valence-electron chi connectivity index (χ4n) is 7.75. The lowest BCUT2D eigenvalue weighted by molar-refractivity contribution is 0.0975. The third-order valence-electron chi connectivity index (χ3n) is 10.6. The van der Waals surface area contributed by atoms with Crippen LogP contribution < -0.4 is 9.47 Å². The number of carbonyl (C=O) groups is 2. The fraction of sp³-hybridized carbons (Fsp3) is 0. The number of para-hydroxylation sites is 2. The molecule has 0 bridgehead atoms. The van der Waals surface area contributed by atoms with Crippen molar-refractivity contribution in [1.29, 1.82) is 0 Å². The molecule has 6 heteroatoms. The van der Waals surface area contributed by atoms with Gasteiger partial charge in [0.1, 0.15) is 28.8 Å². The molecular formula is C54H33FO4S. The summed E-state index contributed by atoms with van der Waals surface area (Å²) in [5.74, 6) is 1.12. The zero-order valence-electron chi connectivity index (χ0n) is 32.0. The largest absolute Gasteiger partial charge is 0.456 e. The van der Waals surface area contributed by atoms with Gasteiger partial charge in [-0.1, -0.05) is 127 Å². The summed E-state index contributed by atoms with van der Waals surface area (Å²) in [5, 5.41) is 8.87. The van der Waals surface area contributed by atoms with Crippen LogP contribution in [0.15, 0.2) is 210 Å². The molecule has 10 aromatic rings. The van der Waals surface area contributed by atoms with Crippen molar-refractivity contribution in [2.75, 3.05) is 0 Å². The van der Waals surface area contributed by atoms with Crippen LogP contribution in [0.2, 0.25) is 0 Å². The smallest absolute Gasteiger partial charge is 0.198 e. The SMILES string of the molecule is Fc1ccc(Sc2ccc3cc4cc5ccccc5cc4cc3c2)cc1.O=C1c2ccccc2C(=O)c2c1c(Oc1ccccc1)c1ccccc1c2Oc1ccccc1. The number of rotatable bonds is 6. The summed E-state index contributed by atoms with van der Waals surface area (Å²) in [4.78, 5) is 29.8. The van der Waals surface area contributed by atoms with Gasteiger partial charge in [-0.2, -0.15) is 0 Å². The molecule has 0 heterocycles. The van der Waals surface area contributed by atoms with E-state index in [0.717, 1.165) is 9.79 Å². The number of ketones is 2. The average molecular weight is 797 g/mol. The highest BCUT2D eigenvalue weighted by molar-refractivity contribution is 7.99. The van der Waals surface area contributed by atoms with Crippen molar-refractivity contribution in [1.82, 2.24) is 0 Å². The first-order valence-corrected chi connectivity index (χ1v) is 20.3. The van der Waals surface area contributed by atoms with Gasteiger partial charge in [0.15, 0.2) is 11.6 Å². The molecule has 11 rings (SSSR count). The third-order valence-corrected chi connectivity index (χ3v) is 11.6. The molecule has 0 unspecified atom stereocenters. The van der Waals surface area contributed by atoms with Gasteiger partial charge in [0.25, 0.3) is 0 Å². The quantitative estimate of drug-likeness (QED) is 0.157. The van der Waals surface area contributed by atoms with E-state index in [1.807, 2.05) is 97.1 Å². The molecule has 0 amide bonds. The maximum absolute atomic E-state index is 13.8. The average Bonchev–Trinajstić information content (AvgIpc) is 3.29. The Bertz CT molecular complexity index is 3160. The lowest BCUT2D eigenvalue weighted by Gasteiger charge is -2.25. The minimum atomic E-state index is -0.264. The summed E-state index contributed by atoms with van der Waals surface area (Å²) in [7, 11) is 0. The Morgan fingerprint density at radius 1 is 0.367 bits per heavy atom. The van der Waals surface area contributed by atoms with Crippen molar-refractivity contribution < 1.29 is 23.5 Å². The molecule has 4 nitrogen and oxygen atoms in total. The molecule has 0 radical (unpaired) electrons. The van der Waals surface area contributed by atoms with Crippen LogP contribution in [0.25, 0.3) is 43.1 Å². The molecule has 0 spiro atoms. The molecule has 0 saturated carbocycles. The zero-order chi connectivity index (χ0) is 40.6. The lowest BCUT2D eigenvalue weighted by Crippen LogP contribution is -2.22.